The minimum Gasteiger partial charge on any atom is -0.387 e. The van der Waals surface area contributed by atoms with Crippen LogP contribution in [0.1, 0.15) is 0 Å². The van der Waals surface area contributed by atoms with Crippen molar-refractivity contribution in [2.75, 3.05) is 7.11 Å². The van der Waals surface area contributed by atoms with Crippen molar-refractivity contribution >= 4 is 5.91 Å². The molecule has 0 aromatic rings. The van der Waals surface area contributed by atoms with Crippen molar-refractivity contribution in [1.82, 2.24) is 0 Å². The molecule has 0 saturated carbocycles. The van der Waals surface area contributed by atoms with Crippen LogP contribution >= 0.6 is 0 Å². The molecule has 1 heterocycles. The van der Waals surface area contributed by atoms with Crippen LogP contribution in [0.4, 0.5) is 0 Å². The minimum absolute atomic E-state index is 0.925. The molecule has 14 heavy (non-hydrogen) atoms. The van der Waals surface area contributed by atoms with E-state index in [4.69, 9.17) is 10.5 Å². The van der Waals surface area contributed by atoms with Crippen molar-refractivity contribution < 1.29 is 29.6 Å². The number of amides is 1. The lowest BCUT2D eigenvalue weighted by molar-refractivity contribution is -0.283. The average Bonchev–Trinajstić information content (AvgIpc) is 2.14. The Bertz CT molecular complexity index is 220. The number of primary amides is 1. The fourth-order valence-corrected chi connectivity index (χ4v) is 1.28. The van der Waals surface area contributed by atoms with Crippen molar-refractivity contribution in [1.29, 1.82) is 0 Å². The predicted octanol–water partition coefficient (Wildman–Crippen LogP) is -3.07. The molecule has 7 heteroatoms. The number of hydrogen-bond donors (Lipinski definition) is 4. The van der Waals surface area contributed by atoms with Crippen LogP contribution in [0.5, 0.6) is 0 Å². The second-order valence-electron chi connectivity index (χ2n) is 3.03. The molecule has 1 fully saturated rings. The fourth-order valence-electron chi connectivity index (χ4n) is 1.28. The number of nitrogens with two attached hydrogens (primary N) is 1. The summed E-state index contributed by atoms with van der Waals surface area (Å²) in [5.74, 6) is -0.925. The zero-order valence-electron chi connectivity index (χ0n) is 7.53. The molecule has 1 saturated heterocycles. The smallest absolute Gasteiger partial charge is 0.249 e. The highest BCUT2D eigenvalue weighted by Gasteiger charge is 2.46. The van der Waals surface area contributed by atoms with Crippen LogP contribution in [-0.4, -0.2) is 59.0 Å². The van der Waals surface area contributed by atoms with Crippen LogP contribution in [0, 0.1) is 0 Å². The first-order chi connectivity index (χ1) is 6.49. The van der Waals surface area contributed by atoms with E-state index in [1.807, 2.05) is 0 Å². The standard InChI is InChI=1S/C7H13NO6/c1-13-7-4(11)2(9)3(10)5(14-7)6(8)12/h2-5,7,9-11H,1H3,(H2,8,12)/t2-,3+,4+,5-,7-/m0/s1. The van der Waals surface area contributed by atoms with Crippen molar-refractivity contribution in [3.63, 3.8) is 0 Å². The molecule has 1 aliphatic heterocycles. The van der Waals surface area contributed by atoms with Crippen LogP contribution in [-0.2, 0) is 14.3 Å². The van der Waals surface area contributed by atoms with Gasteiger partial charge in [-0.05, 0) is 0 Å². The first kappa shape index (κ1) is 11.3. The normalized spacial score (nSPS) is 43.6. The van der Waals surface area contributed by atoms with Crippen LogP contribution in [0.15, 0.2) is 0 Å². The maximum atomic E-state index is 10.8. The number of ether oxygens (including phenoxy) is 2. The Morgan fingerprint density at radius 3 is 2.29 bits per heavy atom. The van der Waals surface area contributed by atoms with Gasteiger partial charge in [-0.3, -0.25) is 4.79 Å². The van der Waals surface area contributed by atoms with E-state index in [1.165, 1.54) is 7.11 Å². The van der Waals surface area contributed by atoms with Gasteiger partial charge in [0.15, 0.2) is 12.4 Å². The van der Waals surface area contributed by atoms with Gasteiger partial charge in [-0.2, -0.15) is 0 Å². The van der Waals surface area contributed by atoms with Gasteiger partial charge >= 0.3 is 0 Å². The maximum absolute atomic E-state index is 10.8. The lowest BCUT2D eigenvalue weighted by Gasteiger charge is -2.38. The van der Waals surface area contributed by atoms with Gasteiger partial charge in [0.05, 0.1) is 0 Å². The largest absolute Gasteiger partial charge is 0.387 e. The number of hydrogen-bond acceptors (Lipinski definition) is 6. The third-order valence-electron chi connectivity index (χ3n) is 2.08. The highest BCUT2D eigenvalue weighted by molar-refractivity contribution is 5.79. The Hall–Kier alpha value is -0.730. The lowest BCUT2D eigenvalue weighted by atomic mass is 9.98. The molecule has 1 amide bonds. The Balaban J connectivity index is 2.78. The van der Waals surface area contributed by atoms with E-state index in [-0.39, 0.29) is 0 Å². The van der Waals surface area contributed by atoms with Crippen LogP contribution < -0.4 is 5.73 Å². The molecule has 0 aromatic heterocycles. The van der Waals surface area contributed by atoms with Gasteiger partial charge in [-0.1, -0.05) is 0 Å². The average molecular weight is 207 g/mol. The van der Waals surface area contributed by atoms with E-state index >= 15 is 0 Å². The highest BCUT2D eigenvalue weighted by Crippen LogP contribution is 2.21. The van der Waals surface area contributed by atoms with E-state index in [2.05, 4.69) is 4.74 Å². The van der Waals surface area contributed by atoms with Gasteiger partial charge in [-0.25, -0.2) is 0 Å². The molecule has 7 nitrogen and oxygen atoms in total. The summed E-state index contributed by atoms with van der Waals surface area (Å²) in [6, 6.07) is 0. The van der Waals surface area contributed by atoms with Gasteiger partial charge < -0.3 is 30.5 Å². The monoisotopic (exact) mass is 207 g/mol. The van der Waals surface area contributed by atoms with Gasteiger partial charge in [0.1, 0.15) is 18.3 Å². The predicted molar refractivity (Wildman–Crippen MR) is 42.9 cm³/mol. The van der Waals surface area contributed by atoms with Gasteiger partial charge in [0.2, 0.25) is 5.91 Å². The Morgan fingerprint density at radius 1 is 1.29 bits per heavy atom. The van der Waals surface area contributed by atoms with E-state index in [0.717, 1.165) is 0 Å². The second-order valence-corrected chi connectivity index (χ2v) is 3.03. The number of aliphatic hydroxyl groups excluding tert-OH is 3. The third kappa shape index (κ3) is 1.86. The first-order valence-electron chi connectivity index (χ1n) is 4.00. The number of carbonyl (C=O) groups is 1. The summed E-state index contributed by atoms with van der Waals surface area (Å²) in [6.07, 6.45) is -7.03. The third-order valence-corrected chi connectivity index (χ3v) is 2.08. The summed E-state index contributed by atoms with van der Waals surface area (Å²) in [5, 5.41) is 27.9. The number of rotatable bonds is 2. The van der Waals surface area contributed by atoms with Crippen LogP contribution in [0.25, 0.3) is 0 Å². The minimum atomic E-state index is -1.55. The molecular formula is C7H13NO6. The molecule has 0 aliphatic carbocycles. The highest BCUT2D eigenvalue weighted by atomic mass is 16.7. The molecular weight excluding hydrogens is 194 g/mol. The zero-order chi connectivity index (χ0) is 10.9. The van der Waals surface area contributed by atoms with Gasteiger partial charge in [0, 0.05) is 7.11 Å². The summed E-state index contributed by atoms with van der Waals surface area (Å²) in [4.78, 5) is 10.8. The molecule has 5 atom stereocenters. The number of methoxy groups -OCH3 is 1. The molecule has 1 aliphatic rings. The summed E-state index contributed by atoms with van der Waals surface area (Å²) in [6.45, 7) is 0. The molecule has 0 bridgehead atoms. The zero-order valence-corrected chi connectivity index (χ0v) is 7.53. The van der Waals surface area contributed by atoms with E-state index in [9.17, 15) is 20.1 Å². The Labute approximate surface area is 80.0 Å². The molecule has 0 radical (unpaired) electrons. The quantitative estimate of drug-likeness (QED) is 0.381. The molecule has 0 spiro atoms. The second kappa shape index (κ2) is 4.20. The van der Waals surface area contributed by atoms with E-state index in [1.54, 1.807) is 0 Å². The topological polar surface area (TPSA) is 122 Å². The maximum Gasteiger partial charge on any atom is 0.249 e. The van der Waals surface area contributed by atoms with Crippen molar-refractivity contribution in [3.05, 3.63) is 0 Å². The van der Waals surface area contributed by atoms with Gasteiger partial charge in [-0.15, -0.1) is 0 Å². The van der Waals surface area contributed by atoms with Crippen molar-refractivity contribution in [2.24, 2.45) is 5.73 Å². The molecule has 82 valence electrons. The summed E-state index contributed by atoms with van der Waals surface area (Å²) >= 11 is 0. The lowest BCUT2D eigenvalue weighted by Crippen LogP contribution is -2.61. The van der Waals surface area contributed by atoms with Crippen molar-refractivity contribution in [2.45, 2.75) is 30.7 Å². The van der Waals surface area contributed by atoms with Crippen LogP contribution in [0.2, 0.25) is 0 Å². The van der Waals surface area contributed by atoms with Crippen molar-refractivity contribution in [3.8, 4) is 0 Å². The number of aliphatic hydroxyl groups is 3. The molecule has 5 N–H and O–H groups in total. The van der Waals surface area contributed by atoms with E-state index in [0.29, 0.717) is 0 Å². The van der Waals surface area contributed by atoms with E-state index < -0.39 is 36.6 Å². The molecule has 0 aromatic carbocycles. The summed E-state index contributed by atoms with van der Waals surface area (Å²) in [5.41, 5.74) is 4.91. The molecule has 0 unspecified atom stereocenters. The Kier molecular flexibility index (Phi) is 3.40. The van der Waals surface area contributed by atoms with Crippen LogP contribution in [0.3, 0.4) is 0 Å². The fraction of sp³-hybridized carbons (Fsp3) is 0.857. The summed E-state index contributed by atoms with van der Waals surface area (Å²) in [7, 11) is 1.23. The molecule has 1 rings (SSSR count). The Morgan fingerprint density at radius 2 is 1.86 bits per heavy atom. The summed E-state index contributed by atoms with van der Waals surface area (Å²) < 4.78 is 9.49. The van der Waals surface area contributed by atoms with Gasteiger partial charge in [0.25, 0.3) is 0 Å². The number of carbonyl (C=O) groups excluding carboxylic acids is 1. The SMILES string of the molecule is CO[C@H]1O[C@H](C(N)=O)[C@H](O)[C@H](O)[C@H]1O. The first-order valence-corrected chi connectivity index (χ1v) is 4.00.